The van der Waals surface area contributed by atoms with E-state index >= 15 is 0 Å². The van der Waals surface area contributed by atoms with Gasteiger partial charge in [-0.05, 0) is 30.7 Å². The summed E-state index contributed by atoms with van der Waals surface area (Å²) in [4.78, 5) is 11.0. The topological polar surface area (TPSA) is 81.8 Å². The Morgan fingerprint density at radius 3 is 2.52 bits per heavy atom. The fourth-order valence-electron chi connectivity index (χ4n) is 1.80. The van der Waals surface area contributed by atoms with Crippen LogP contribution in [0.15, 0.2) is 55.3 Å². The van der Waals surface area contributed by atoms with Crippen molar-refractivity contribution in [2.75, 3.05) is 13.2 Å². The third-order valence-electron chi connectivity index (χ3n) is 2.90. The number of halogens is 3. The van der Waals surface area contributed by atoms with Crippen molar-refractivity contribution in [3.63, 3.8) is 0 Å². The van der Waals surface area contributed by atoms with Crippen molar-refractivity contribution < 1.29 is 32.5 Å². The summed E-state index contributed by atoms with van der Waals surface area (Å²) in [5.41, 5.74) is 5.59. The molecule has 150 valence electrons. The molecule has 0 aliphatic heterocycles. The molecule has 0 saturated carbocycles. The second-order valence-corrected chi connectivity index (χ2v) is 5.19. The fraction of sp³-hybridized carbons (Fsp3) is 0.316. The molecule has 3 N–H and O–H groups in total. The number of allylic oxidation sites excluding steroid dienone is 3. The molecule has 0 aromatic heterocycles. The van der Waals surface area contributed by atoms with Gasteiger partial charge in [-0.15, -0.1) is 0 Å². The maximum absolute atomic E-state index is 13.1. The number of rotatable bonds is 9. The Balaban J connectivity index is 0.000000821. The number of alkyl halides is 2. The Morgan fingerprint density at radius 2 is 2.04 bits per heavy atom. The number of hydrogen-bond donors (Lipinski definition) is 2. The lowest BCUT2D eigenvalue weighted by Crippen LogP contribution is -2.23. The van der Waals surface area contributed by atoms with Crippen molar-refractivity contribution in [1.29, 1.82) is 0 Å². The molecule has 8 heteroatoms. The molecule has 1 atom stereocenters. The first-order valence-corrected chi connectivity index (χ1v) is 7.96. The van der Waals surface area contributed by atoms with E-state index in [2.05, 4.69) is 13.2 Å². The van der Waals surface area contributed by atoms with Crippen LogP contribution in [0, 0.1) is 5.82 Å². The third-order valence-corrected chi connectivity index (χ3v) is 2.90. The van der Waals surface area contributed by atoms with Crippen LogP contribution in [0.25, 0.3) is 0 Å². The van der Waals surface area contributed by atoms with Gasteiger partial charge in [-0.1, -0.05) is 25.3 Å². The molecule has 0 bridgehead atoms. The van der Waals surface area contributed by atoms with E-state index in [1.54, 1.807) is 6.92 Å². The van der Waals surface area contributed by atoms with Crippen LogP contribution in [-0.4, -0.2) is 36.8 Å². The third kappa shape index (κ3) is 11.5. The highest BCUT2D eigenvalue weighted by atomic mass is 19.3. The second kappa shape index (κ2) is 13.5. The van der Waals surface area contributed by atoms with E-state index in [-0.39, 0.29) is 24.5 Å². The minimum Gasteiger partial charge on any atom is -0.508 e. The van der Waals surface area contributed by atoms with Gasteiger partial charge in [0.1, 0.15) is 30.0 Å². The zero-order valence-electron chi connectivity index (χ0n) is 15.0. The number of carbonyl (C=O) groups excluding carboxylic acids is 1. The monoisotopic (exact) mass is 387 g/mol. The predicted octanol–water partition coefficient (Wildman–Crippen LogP) is 3.70. The molecule has 0 radical (unpaired) electrons. The Kier molecular flexibility index (Phi) is 12.1. The molecule has 0 aliphatic carbocycles. The van der Waals surface area contributed by atoms with Crippen molar-refractivity contribution in [2.45, 2.75) is 25.9 Å². The summed E-state index contributed by atoms with van der Waals surface area (Å²) in [6.45, 7) is 7.22. The Bertz CT molecular complexity index is 648. The SMILES string of the molecule is C=C/C=C(/O)C=C.CC(Cc1ccc(F)cc1OCC(F)F)OC(=O)CN. The van der Waals surface area contributed by atoms with E-state index < -0.39 is 30.9 Å². The molecule has 0 fully saturated rings. The molecule has 5 nitrogen and oxygen atoms in total. The molecule has 1 unspecified atom stereocenters. The minimum absolute atomic E-state index is 0.0148. The molecule has 0 spiro atoms. The summed E-state index contributed by atoms with van der Waals surface area (Å²) in [6, 6.07) is 3.61. The summed E-state index contributed by atoms with van der Waals surface area (Å²) in [7, 11) is 0. The van der Waals surface area contributed by atoms with Crippen molar-refractivity contribution in [2.24, 2.45) is 5.73 Å². The van der Waals surface area contributed by atoms with E-state index in [1.165, 1.54) is 30.4 Å². The van der Waals surface area contributed by atoms with Gasteiger partial charge < -0.3 is 20.3 Å². The van der Waals surface area contributed by atoms with E-state index in [4.69, 9.17) is 20.3 Å². The van der Waals surface area contributed by atoms with E-state index in [9.17, 15) is 18.0 Å². The lowest BCUT2D eigenvalue weighted by Gasteiger charge is -2.16. The highest BCUT2D eigenvalue weighted by Gasteiger charge is 2.14. The highest BCUT2D eigenvalue weighted by Crippen LogP contribution is 2.22. The first-order chi connectivity index (χ1) is 12.7. The number of esters is 1. The Morgan fingerprint density at radius 1 is 1.37 bits per heavy atom. The number of aliphatic hydroxyl groups excluding tert-OH is 1. The van der Waals surface area contributed by atoms with Crippen molar-refractivity contribution in [1.82, 2.24) is 0 Å². The summed E-state index contributed by atoms with van der Waals surface area (Å²) in [6.07, 6.45) is 1.35. The van der Waals surface area contributed by atoms with Crippen LogP contribution in [0.4, 0.5) is 13.2 Å². The number of carbonyl (C=O) groups is 1. The lowest BCUT2D eigenvalue weighted by atomic mass is 10.1. The summed E-state index contributed by atoms with van der Waals surface area (Å²) in [5, 5.41) is 8.53. The van der Waals surface area contributed by atoms with Crippen LogP contribution in [0.1, 0.15) is 12.5 Å². The van der Waals surface area contributed by atoms with E-state index in [0.717, 1.165) is 6.07 Å². The van der Waals surface area contributed by atoms with Gasteiger partial charge in [-0.3, -0.25) is 4.79 Å². The molecule has 1 rings (SSSR count). The first kappa shape index (κ1) is 24.3. The largest absolute Gasteiger partial charge is 0.508 e. The van der Waals surface area contributed by atoms with Crippen LogP contribution in [0.2, 0.25) is 0 Å². The van der Waals surface area contributed by atoms with Gasteiger partial charge in [0.25, 0.3) is 6.43 Å². The molecule has 0 amide bonds. The van der Waals surface area contributed by atoms with Gasteiger partial charge in [0, 0.05) is 12.5 Å². The Labute approximate surface area is 156 Å². The standard InChI is InChI=1S/C13H16F3NO3.C6H8O/c1-8(20-13(18)6-17)4-9-2-3-10(14)5-11(9)19-7-12(15)16;1-3-5-6(7)4-2/h2-3,5,8,12H,4,6-7,17H2,1H3;3-5,7H,1-2H2/b;6-5+. The van der Waals surface area contributed by atoms with Crippen LogP contribution >= 0.6 is 0 Å². The molecule has 1 aromatic carbocycles. The van der Waals surface area contributed by atoms with Crippen LogP contribution in [0.5, 0.6) is 5.75 Å². The smallest absolute Gasteiger partial charge is 0.319 e. The lowest BCUT2D eigenvalue weighted by molar-refractivity contribution is -0.146. The van der Waals surface area contributed by atoms with Crippen LogP contribution < -0.4 is 10.5 Å². The fourth-order valence-corrected chi connectivity index (χ4v) is 1.80. The maximum Gasteiger partial charge on any atom is 0.319 e. The number of nitrogens with two attached hydrogens (primary N) is 1. The van der Waals surface area contributed by atoms with Gasteiger partial charge in [0.15, 0.2) is 0 Å². The van der Waals surface area contributed by atoms with Gasteiger partial charge in [-0.25, -0.2) is 13.2 Å². The van der Waals surface area contributed by atoms with Gasteiger partial charge in [0.05, 0.1) is 6.54 Å². The average Bonchev–Trinajstić information content (AvgIpc) is 2.62. The average molecular weight is 387 g/mol. The normalized spacial score (nSPS) is 11.9. The molecular weight excluding hydrogens is 363 g/mol. The molecule has 0 aliphatic rings. The minimum atomic E-state index is -2.65. The van der Waals surface area contributed by atoms with Crippen molar-refractivity contribution >= 4 is 5.97 Å². The molecular formula is C19H24F3NO4. The molecule has 0 heterocycles. The maximum atomic E-state index is 13.1. The Hall–Kier alpha value is -2.74. The number of aliphatic hydroxyl groups is 1. The molecule has 0 saturated heterocycles. The highest BCUT2D eigenvalue weighted by molar-refractivity contribution is 5.71. The van der Waals surface area contributed by atoms with E-state index in [1.807, 2.05) is 0 Å². The summed E-state index contributed by atoms with van der Waals surface area (Å²) < 4.78 is 47.2. The zero-order chi connectivity index (χ0) is 20.8. The molecule has 1 aromatic rings. The van der Waals surface area contributed by atoms with Crippen LogP contribution in [-0.2, 0) is 16.0 Å². The van der Waals surface area contributed by atoms with Crippen molar-refractivity contribution in [3.8, 4) is 5.75 Å². The molecule has 27 heavy (non-hydrogen) atoms. The summed E-state index contributed by atoms with van der Waals surface area (Å²) >= 11 is 0. The van der Waals surface area contributed by atoms with Crippen molar-refractivity contribution in [3.05, 3.63) is 66.7 Å². The van der Waals surface area contributed by atoms with Crippen LogP contribution in [0.3, 0.4) is 0 Å². The number of benzene rings is 1. The number of hydrogen-bond acceptors (Lipinski definition) is 5. The summed E-state index contributed by atoms with van der Waals surface area (Å²) in [5.74, 6) is -1.00. The predicted molar refractivity (Wildman–Crippen MR) is 97.3 cm³/mol. The number of ether oxygens (including phenoxy) is 2. The van der Waals surface area contributed by atoms with Gasteiger partial charge in [0.2, 0.25) is 0 Å². The first-order valence-electron chi connectivity index (χ1n) is 7.96. The quantitative estimate of drug-likeness (QED) is 0.384. The van der Waals surface area contributed by atoms with Gasteiger partial charge in [-0.2, -0.15) is 0 Å². The van der Waals surface area contributed by atoms with E-state index in [0.29, 0.717) is 5.56 Å². The van der Waals surface area contributed by atoms with Gasteiger partial charge >= 0.3 is 5.97 Å². The zero-order valence-corrected chi connectivity index (χ0v) is 15.0. The second-order valence-electron chi connectivity index (χ2n) is 5.19.